The maximum atomic E-state index is 6.23. The van der Waals surface area contributed by atoms with E-state index in [1.807, 2.05) is 24.3 Å². The molecular weight excluding hydrogens is 327 g/mol. The third kappa shape index (κ3) is 4.43. The van der Waals surface area contributed by atoms with Crippen LogP contribution in [0.1, 0.15) is 13.3 Å². The highest BCUT2D eigenvalue weighted by molar-refractivity contribution is 7.99. The van der Waals surface area contributed by atoms with Crippen LogP contribution in [0.4, 0.5) is 5.82 Å². The summed E-state index contributed by atoms with van der Waals surface area (Å²) in [7, 11) is 1.64. The normalized spacial score (nSPS) is 10.5. The van der Waals surface area contributed by atoms with Gasteiger partial charge in [0.25, 0.3) is 0 Å². The lowest BCUT2D eigenvalue weighted by Gasteiger charge is -2.10. The van der Waals surface area contributed by atoms with Crippen LogP contribution in [0.5, 0.6) is 5.75 Å². The van der Waals surface area contributed by atoms with Gasteiger partial charge in [-0.3, -0.25) is 0 Å². The van der Waals surface area contributed by atoms with Gasteiger partial charge in [0.05, 0.1) is 17.2 Å². The average Bonchev–Trinajstić information content (AvgIpc) is 2.49. The van der Waals surface area contributed by atoms with Crippen molar-refractivity contribution in [3.63, 3.8) is 0 Å². The molecule has 1 heterocycles. The number of hydrogen-bond donors (Lipinski definition) is 1. The molecule has 1 N–H and O–H groups in total. The van der Waals surface area contributed by atoms with Gasteiger partial charge in [0.15, 0.2) is 0 Å². The van der Waals surface area contributed by atoms with Crippen molar-refractivity contribution in [3.8, 4) is 5.75 Å². The molecule has 21 heavy (non-hydrogen) atoms. The molecule has 0 aliphatic carbocycles. The lowest BCUT2D eigenvalue weighted by Crippen LogP contribution is -2.03. The average molecular weight is 343 g/mol. The van der Waals surface area contributed by atoms with E-state index in [4.69, 9.17) is 27.9 Å². The van der Waals surface area contributed by atoms with E-state index in [1.54, 1.807) is 13.2 Å². The second kappa shape index (κ2) is 7.78. The highest BCUT2D eigenvalue weighted by Gasteiger charge is 2.11. The Balaban J connectivity index is 2.25. The summed E-state index contributed by atoms with van der Waals surface area (Å²) in [6.07, 6.45) is 0.999. The van der Waals surface area contributed by atoms with Gasteiger partial charge in [0.1, 0.15) is 16.6 Å². The van der Waals surface area contributed by atoms with Gasteiger partial charge < -0.3 is 10.1 Å². The molecule has 1 aromatic heterocycles. The predicted octanol–water partition coefficient (Wildman–Crippen LogP) is 5.37. The zero-order valence-electron chi connectivity index (χ0n) is 11.8. The summed E-state index contributed by atoms with van der Waals surface area (Å²) in [5.41, 5.74) is 0. The molecule has 0 atom stereocenters. The summed E-state index contributed by atoms with van der Waals surface area (Å²) in [5, 5.41) is 4.98. The summed E-state index contributed by atoms with van der Waals surface area (Å²) < 4.78 is 5.22. The Bertz CT molecular complexity index is 623. The molecule has 112 valence electrons. The largest absolute Gasteiger partial charge is 0.497 e. The highest BCUT2D eigenvalue weighted by atomic mass is 35.5. The molecule has 2 aromatic rings. The minimum atomic E-state index is 0.531. The molecule has 0 radical (unpaired) electrons. The summed E-state index contributed by atoms with van der Waals surface area (Å²) in [5.74, 6) is 1.46. The van der Waals surface area contributed by atoms with Gasteiger partial charge in [-0.2, -0.15) is 0 Å². The van der Waals surface area contributed by atoms with Crippen LogP contribution in [0.15, 0.2) is 40.3 Å². The summed E-state index contributed by atoms with van der Waals surface area (Å²) >= 11 is 13.9. The molecule has 2 rings (SSSR count). The molecule has 0 unspecified atom stereocenters. The number of hydrogen-bond acceptors (Lipinski definition) is 4. The Morgan fingerprint density at radius 3 is 2.76 bits per heavy atom. The summed E-state index contributed by atoms with van der Waals surface area (Å²) in [6.45, 7) is 2.90. The van der Waals surface area contributed by atoms with Gasteiger partial charge in [0, 0.05) is 11.4 Å². The number of rotatable bonds is 6. The number of nitrogens with zero attached hydrogens (tertiary/aromatic N) is 1. The molecule has 0 amide bonds. The second-order valence-electron chi connectivity index (χ2n) is 4.31. The number of aromatic nitrogens is 1. The van der Waals surface area contributed by atoms with Crippen molar-refractivity contribution in [1.29, 1.82) is 0 Å². The number of pyridine rings is 1. The SMILES string of the molecule is CCCNc1nc(Sc2cccc(OC)c2)c(Cl)cc1Cl. The lowest BCUT2D eigenvalue weighted by atomic mass is 10.3. The van der Waals surface area contributed by atoms with E-state index in [1.165, 1.54) is 11.8 Å². The smallest absolute Gasteiger partial charge is 0.146 e. The Labute approximate surface area is 139 Å². The van der Waals surface area contributed by atoms with Crippen LogP contribution in [0, 0.1) is 0 Å². The number of ether oxygens (including phenoxy) is 1. The van der Waals surface area contributed by atoms with Crippen LogP contribution < -0.4 is 10.1 Å². The van der Waals surface area contributed by atoms with Crippen LogP contribution in [-0.2, 0) is 0 Å². The molecule has 0 saturated heterocycles. The second-order valence-corrected chi connectivity index (χ2v) is 6.19. The van der Waals surface area contributed by atoms with Gasteiger partial charge in [-0.05, 0) is 30.7 Å². The van der Waals surface area contributed by atoms with E-state index >= 15 is 0 Å². The van der Waals surface area contributed by atoms with Crippen LogP contribution >= 0.6 is 35.0 Å². The Hall–Kier alpha value is -1.10. The minimum absolute atomic E-state index is 0.531. The molecule has 0 fully saturated rings. The van der Waals surface area contributed by atoms with Crippen LogP contribution in [-0.4, -0.2) is 18.6 Å². The predicted molar refractivity (Wildman–Crippen MR) is 90.2 cm³/mol. The van der Waals surface area contributed by atoms with Crippen LogP contribution in [0.25, 0.3) is 0 Å². The van der Waals surface area contributed by atoms with Gasteiger partial charge in [-0.25, -0.2) is 4.98 Å². The van der Waals surface area contributed by atoms with Crippen molar-refractivity contribution < 1.29 is 4.74 Å². The van der Waals surface area contributed by atoms with E-state index in [2.05, 4.69) is 17.2 Å². The lowest BCUT2D eigenvalue weighted by molar-refractivity contribution is 0.413. The molecule has 0 saturated carbocycles. The summed E-state index contributed by atoms with van der Waals surface area (Å²) in [4.78, 5) is 5.51. The third-order valence-electron chi connectivity index (χ3n) is 2.70. The maximum absolute atomic E-state index is 6.23. The van der Waals surface area contributed by atoms with Crippen molar-refractivity contribution >= 4 is 40.8 Å². The van der Waals surface area contributed by atoms with E-state index in [0.29, 0.717) is 20.9 Å². The first kappa shape index (κ1) is 16.3. The van der Waals surface area contributed by atoms with Crippen molar-refractivity contribution in [2.75, 3.05) is 19.0 Å². The quantitative estimate of drug-likeness (QED) is 0.765. The topological polar surface area (TPSA) is 34.2 Å². The molecule has 1 aromatic carbocycles. The first-order valence-corrected chi connectivity index (χ1v) is 8.13. The zero-order valence-corrected chi connectivity index (χ0v) is 14.1. The van der Waals surface area contributed by atoms with Gasteiger partial charge >= 0.3 is 0 Å². The van der Waals surface area contributed by atoms with E-state index in [-0.39, 0.29) is 0 Å². The number of nitrogens with one attached hydrogen (secondary N) is 1. The highest BCUT2D eigenvalue weighted by Crippen LogP contribution is 2.36. The van der Waals surface area contributed by atoms with E-state index in [9.17, 15) is 0 Å². The maximum Gasteiger partial charge on any atom is 0.146 e. The fourth-order valence-corrected chi connectivity index (χ4v) is 3.04. The van der Waals surface area contributed by atoms with Gasteiger partial charge in [-0.1, -0.05) is 48.0 Å². The molecule has 6 heteroatoms. The van der Waals surface area contributed by atoms with Crippen molar-refractivity contribution in [1.82, 2.24) is 4.98 Å². The fraction of sp³-hybridized carbons (Fsp3) is 0.267. The zero-order chi connectivity index (χ0) is 15.2. The Kier molecular flexibility index (Phi) is 6.03. The number of anilines is 1. The van der Waals surface area contributed by atoms with E-state index in [0.717, 1.165) is 23.6 Å². The van der Waals surface area contributed by atoms with Gasteiger partial charge in [0.2, 0.25) is 0 Å². The number of halogens is 2. The van der Waals surface area contributed by atoms with Crippen molar-refractivity contribution in [3.05, 3.63) is 40.4 Å². The van der Waals surface area contributed by atoms with Gasteiger partial charge in [-0.15, -0.1) is 0 Å². The number of benzene rings is 1. The molecular formula is C15H16Cl2N2OS. The molecule has 0 aliphatic rings. The third-order valence-corrected chi connectivity index (χ3v) is 4.38. The molecule has 3 nitrogen and oxygen atoms in total. The minimum Gasteiger partial charge on any atom is -0.497 e. The Morgan fingerprint density at radius 2 is 2.05 bits per heavy atom. The van der Waals surface area contributed by atoms with Crippen molar-refractivity contribution in [2.24, 2.45) is 0 Å². The first-order chi connectivity index (χ1) is 10.1. The molecule has 0 spiro atoms. The monoisotopic (exact) mass is 342 g/mol. The molecule has 0 bridgehead atoms. The van der Waals surface area contributed by atoms with Crippen LogP contribution in [0.3, 0.4) is 0 Å². The number of methoxy groups -OCH3 is 1. The Morgan fingerprint density at radius 1 is 1.24 bits per heavy atom. The molecule has 0 aliphatic heterocycles. The van der Waals surface area contributed by atoms with Crippen LogP contribution in [0.2, 0.25) is 10.0 Å². The fourth-order valence-electron chi connectivity index (χ4n) is 1.66. The standard InChI is InChI=1S/C15H16Cl2N2OS/c1-3-7-18-14-12(16)9-13(17)15(19-14)21-11-6-4-5-10(8-11)20-2/h4-6,8-9H,3,7H2,1-2H3,(H,18,19). The first-order valence-electron chi connectivity index (χ1n) is 6.56. The van der Waals surface area contributed by atoms with Crippen molar-refractivity contribution in [2.45, 2.75) is 23.3 Å². The van der Waals surface area contributed by atoms with E-state index < -0.39 is 0 Å². The summed E-state index contributed by atoms with van der Waals surface area (Å²) in [6, 6.07) is 9.47.